The molecule has 10 heteroatoms. The first-order valence-electron chi connectivity index (χ1n) is 11.4. The Bertz CT molecular complexity index is 1320. The van der Waals surface area contributed by atoms with E-state index in [9.17, 15) is 8.78 Å². The molecule has 172 valence electrons. The molecule has 0 atom stereocenters. The molecule has 5 heterocycles. The summed E-state index contributed by atoms with van der Waals surface area (Å²) in [6.45, 7) is 2.20. The monoisotopic (exact) mass is 453 g/mol. The lowest BCUT2D eigenvalue weighted by atomic mass is 9.77. The van der Waals surface area contributed by atoms with Crippen molar-refractivity contribution in [1.29, 1.82) is 0 Å². The normalized spacial score (nSPS) is 23.0. The molecule has 6 rings (SSSR count). The summed E-state index contributed by atoms with van der Waals surface area (Å²) >= 11 is 0. The van der Waals surface area contributed by atoms with Crippen LogP contribution in [0.2, 0.25) is 0 Å². The Hall–Kier alpha value is -3.14. The highest BCUT2D eigenvalue weighted by molar-refractivity contribution is 5.95. The van der Waals surface area contributed by atoms with Crippen molar-refractivity contribution in [2.24, 2.45) is 0 Å². The number of aromatic nitrogens is 6. The number of pyridine rings is 1. The predicted molar refractivity (Wildman–Crippen MR) is 120 cm³/mol. The molecule has 2 aliphatic rings. The van der Waals surface area contributed by atoms with E-state index in [2.05, 4.69) is 30.2 Å². The number of fused-ring (bicyclic) bond motifs is 2. The van der Waals surface area contributed by atoms with E-state index in [1.54, 1.807) is 19.3 Å². The quantitative estimate of drug-likeness (QED) is 0.464. The van der Waals surface area contributed by atoms with Gasteiger partial charge in [-0.1, -0.05) is 0 Å². The van der Waals surface area contributed by atoms with Crippen LogP contribution in [0.3, 0.4) is 0 Å². The minimum absolute atomic E-state index is 0.135. The highest BCUT2D eigenvalue weighted by atomic mass is 19.3. The van der Waals surface area contributed by atoms with E-state index in [4.69, 9.17) is 4.74 Å². The number of aromatic amines is 1. The van der Waals surface area contributed by atoms with Crippen LogP contribution in [0.25, 0.3) is 33.3 Å². The minimum Gasteiger partial charge on any atom is -0.375 e. The summed E-state index contributed by atoms with van der Waals surface area (Å²) in [4.78, 5) is 21.1. The number of nitrogens with one attached hydrogen (secondary N) is 2. The minimum atomic E-state index is -2.46. The molecule has 1 saturated heterocycles. The van der Waals surface area contributed by atoms with Gasteiger partial charge in [0.2, 0.25) is 5.95 Å². The van der Waals surface area contributed by atoms with Crippen molar-refractivity contribution in [2.45, 2.75) is 63.6 Å². The smallest absolute Gasteiger partial charge is 0.256 e. The van der Waals surface area contributed by atoms with Gasteiger partial charge in [-0.05, 0) is 45.1 Å². The van der Waals surface area contributed by atoms with Gasteiger partial charge in [0, 0.05) is 41.1 Å². The maximum absolute atomic E-state index is 13.1. The lowest BCUT2D eigenvalue weighted by molar-refractivity contribution is -0.165. The molecular weight excluding hydrogens is 428 g/mol. The van der Waals surface area contributed by atoms with Gasteiger partial charge in [-0.25, -0.2) is 23.7 Å². The maximum atomic E-state index is 13.1. The zero-order valence-corrected chi connectivity index (χ0v) is 18.3. The second-order valence-electron chi connectivity index (χ2n) is 9.09. The van der Waals surface area contributed by atoms with Crippen LogP contribution in [0.5, 0.6) is 0 Å². The van der Waals surface area contributed by atoms with E-state index >= 15 is 0 Å². The topological polar surface area (TPSA) is 93.5 Å². The van der Waals surface area contributed by atoms with Gasteiger partial charge in [-0.3, -0.25) is 0 Å². The Labute approximate surface area is 188 Å². The molecule has 8 nitrogen and oxygen atoms in total. The van der Waals surface area contributed by atoms with Crippen LogP contribution in [0.1, 0.15) is 37.9 Å². The van der Waals surface area contributed by atoms with Crippen LogP contribution in [0.4, 0.5) is 14.7 Å². The SMILES string of the molecule is Cc1nc2ncc(-c3c[nH]c4nc(N[C@H]5CC[C@]6(CCO6)CC5)ncc34)cc2n1CC(F)F. The van der Waals surface area contributed by atoms with Crippen molar-refractivity contribution in [3.63, 3.8) is 0 Å². The number of hydrogen-bond donors (Lipinski definition) is 2. The number of anilines is 1. The first kappa shape index (κ1) is 20.5. The highest BCUT2D eigenvalue weighted by Crippen LogP contribution is 2.41. The predicted octanol–water partition coefficient (Wildman–Crippen LogP) is 4.46. The first-order chi connectivity index (χ1) is 16.0. The summed E-state index contributed by atoms with van der Waals surface area (Å²) in [6.07, 6.45) is 8.32. The average molecular weight is 453 g/mol. The van der Waals surface area contributed by atoms with Crippen LogP contribution < -0.4 is 5.32 Å². The van der Waals surface area contributed by atoms with Gasteiger partial charge in [-0.2, -0.15) is 4.98 Å². The molecular formula is C23H25F2N7O. The lowest BCUT2D eigenvalue weighted by Crippen LogP contribution is -2.48. The molecule has 0 amide bonds. The van der Waals surface area contributed by atoms with Crippen LogP contribution in [0, 0.1) is 6.92 Å². The average Bonchev–Trinajstić information content (AvgIpc) is 3.33. The first-order valence-corrected chi connectivity index (χ1v) is 11.4. The molecule has 0 bridgehead atoms. The zero-order valence-electron chi connectivity index (χ0n) is 18.3. The third-order valence-corrected chi connectivity index (χ3v) is 7.06. The number of imidazole rings is 1. The highest BCUT2D eigenvalue weighted by Gasteiger charge is 2.41. The molecule has 2 N–H and O–H groups in total. The fourth-order valence-corrected chi connectivity index (χ4v) is 5.11. The van der Waals surface area contributed by atoms with Crippen molar-refractivity contribution >= 4 is 28.1 Å². The Morgan fingerprint density at radius 2 is 2.03 bits per heavy atom. The third-order valence-electron chi connectivity index (χ3n) is 7.06. The number of halogens is 2. The summed E-state index contributed by atoms with van der Waals surface area (Å²) in [5.74, 6) is 1.12. The summed E-state index contributed by atoms with van der Waals surface area (Å²) in [7, 11) is 0. The number of aryl methyl sites for hydroxylation is 1. The van der Waals surface area contributed by atoms with Gasteiger partial charge in [0.15, 0.2) is 5.65 Å². The number of ether oxygens (including phenoxy) is 1. The van der Waals surface area contributed by atoms with Crippen LogP contribution in [0.15, 0.2) is 24.7 Å². The van der Waals surface area contributed by atoms with E-state index in [0.717, 1.165) is 54.5 Å². The number of alkyl halides is 2. The van der Waals surface area contributed by atoms with Gasteiger partial charge in [0.1, 0.15) is 11.5 Å². The van der Waals surface area contributed by atoms with Crippen molar-refractivity contribution in [1.82, 2.24) is 29.5 Å². The molecule has 1 spiro atoms. The number of rotatable bonds is 5. The molecule has 33 heavy (non-hydrogen) atoms. The van der Waals surface area contributed by atoms with Crippen LogP contribution in [-0.2, 0) is 11.3 Å². The van der Waals surface area contributed by atoms with E-state index in [1.165, 1.54) is 11.0 Å². The fourth-order valence-electron chi connectivity index (χ4n) is 5.11. The molecule has 4 aromatic heterocycles. The van der Waals surface area contributed by atoms with Crippen molar-refractivity contribution in [2.75, 3.05) is 11.9 Å². The Morgan fingerprint density at radius 1 is 1.21 bits per heavy atom. The van der Waals surface area contributed by atoms with Gasteiger partial charge >= 0.3 is 0 Å². The Kier molecular flexibility index (Phi) is 4.79. The largest absolute Gasteiger partial charge is 0.375 e. The second-order valence-corrected chi connectivity index (χ2v) is 9.09. The molecule has 2 fully saturated rings. The number of hydrogen-bond acceptors (Lipinski definition) is 6. The van der Waals surface area contributed by atoms with Crippen LogP contribution in [-0.4, -0.2) is 54.2 Å². The molecule has 1 saturated carbocycles. The van der Waals surface area contributed by atoms with Gasteiger partial charge in [0.05, 0.1) is 24.3 Å². The summed E-state index contributed by atoms with van der Waals surface area (Å²) in [5, 5.41) is 4.32. The van der Waals surface area contributed by atoms with Gasteiger partial charge in [0.25, 0.3) is 6.43 Å². The molecule has 1 aliphatic heterocycles. The second kappa shape index (κ2) is 7.72. The van der Waals surface area contributed by atoms with Crippen molar-refractivity contribution in [3.05, 3.63) is 30.5 Å². The maximum Gasteiger partial charge on any atom is 0.256 e. The van der Waals surface area contributed by atoms with E-state index in [1.807, 2.05) is 12.3 Å². The molecule has 0 aromatic carbocycles. The summed E-state index contributed by atoms with van der Waals surface area (Å²) in [5.41, 5.74) is 3.57. The molecule has 1 aliphatic carbocycles. The standard InChI is InChI=1S/C23H25F2N7O/c1-13-29-21-18(32(13)12-19(24)25)8-14(9-26-21)16-10-27-20-17(16)11-28-22(31-20)30-15-2-4-23(5-3-15)6-7-33-23/h8-11,15,19H,2-7,12H2,1H3,(H2,27,28,30,31)/t15-,23+. The van der Waals surface area contributed by atoms with Crippen LogP contribution >= 0.6 is 0 Å². The third kappa shape index (κ3) is 3.62. The van der Waals surface area contributed by atoms with E-state index in [-0.39, 0.29) is 5.60 Å². The molecule has 4 aromatic rings. The fraction of sp³-hybridized carbons (Fsp3) is 0.478. The van der Waals surface area contributed by atoms with Gasteiger partial charge < -0.3 is 19.6 Å². The lowest BCUT2D eigenvalue weighted by Gasteiger charge is -2.46. The van der Waals surface area contributed by atoms with E-state index < -0.39 is 13.0 Å². The Balaban J connectivity index is 1.26. The zero-order chi connectivity index (χ0) is 22.6. The van der Waals surface area contributed by atoms with E-state index in [0.29, 0.717) is 29.0 Å². The molecule has 0 radical (unpaired) electrons. The number of nitrogens with zero attached hydrogens (tertiary/aromatic N) is 5. The summed E-state index contributed by atoms with van der Waals surface area (Å²) in [6, 6.07) is 2.19. The number of H-pyrrole nitrogens is 1. The molecule has 0 unspecified atom stereocenters. The van der Waals surface area contributed by atoms with Gasteiger partial charge in [-0.15, -0.1) is 0 Å². The Morgan fingerprint density at radius 3 is 2.76 bits per heavy atom. The summed E-state index contributed by atoms with van der Waals surface area (Å²) < 4.78 is 33.4. The van der Waals surface area contributed by atoms with Crippen molar-refractivity contribution < 1.29 is 13.5 Å². The van der Waals surface area contributed by atoms with Crippen molar-refractivity contribution in [3.8, 4) is 11.1 Å².